The van der Waals surface area contributed by atoms with Gasteiger partial charge in [-0.15, -0.1) is 11.3 Å². The van der Waals surface area contributed by atoms with Crippen molar-refractivity contribution in [3.8, 4) is 0 Å². The third-order valence-electron chi connectivity index (χ3n) is 2.53. The van der Waals surface area contributed by atoms with E-state index in [0.717, 1.165) is 4.88 Å². The van der Waals surface area contributed by atoms with E-state index in [-0.39, 0.29) is 12.2 Å². The maximum absolute atomic E-state index is 11.2. The monoisotopic (exact) mass is 298 g/mol. The molecule has 2 aromatic heterocycles. The van der Waals surface area contributed by atoms with Crippen molar-refractivity contribution in [2.45, 2.75) is 13.3 Å². The van der Waals surface area contributed by atoms with E-state index >= 15 is 0 Å². The molecule has 2 rings (SSSR count). The number of nitro groups is 1. The maximum atomic E-state index is 11.2. The molecule has 2 aromatic rings. The molecule has 100 valence electrons. The molecule has 0 radical (unpaired) electrons. The highest BCUT2D eigenvalue weighted by atomic mass is 32.1. The number of aromatic nitrogens is 3. The second-order valence-electron chi connectivity index (χ2n) is 3.81. The molecule has 0 aliphatic heterocycles. The third kappa shape index (κ3) is 2.76. The Morgan fingerprint density at radius 3 is 2.74 bits per heavy atom. The highest BCUT2D eigenvalue weighted by Crippen LogP contribution is 2.16. The van der Waals surface area contributed by atoms with Crippen LogP contribution >= 0.6 is 11.3 Å². The van der Waals surface area contributed by atoms with E-state index in [0.29, 0.717) is 27.0 Å². The van der Waals surface area contributed by atoms with Crippen molar-refractivity contribution in [3.05, 3.63) is 38.2 Å². The lowest BCUT2D eigenvalue weighted by Gasteiger charge is -1.98. The lowest BCUT2D eigenvalue weighted by molar-refractivity contribution is -0.391. The topological polar surface area (TPSA) is 90.9 Å². The summed E-state index contributed by atoms with van der Waals surface area (Å²) >= 11 is 1.77. The zero-order chi connectivity index (χ0) is 14.0. The fourth-order valence-corrected chi connectivity index (χ4v) is 2.78. The minimum atomic E-state index is -0.506. The Bertz CT molecular complexity index is 685. The Morgan fingerprint density at radius 1 is 1.53 bits per heavy atom. The third-order valence-corrected chi connectivity index (χ3v) is 4.17. The van der Waals surface area contributed by atoms with Gasteiger partial charge in [-0.05, 0) is 11.8 Å². The number of thiazole rings is 1. The van der Waals surface area contributed by atoms with Crippen LogP contribution in [0.15, 0.2) is 12.4 Å². The zero-order valence-electron chi connectivity index (χ0n) is 10.2. The van der Waals surface area contributed by atoms with Crippen LogP contribution in [0.3, 0.4) is 0 Å². The number of hydrogen-bond donors (Lipinski definition) is 0. The Labute approximate surface area is 116 Å². The molecule has 0 aliphatic rings. The van der Waals surface area contributed by atoms with Crippen LogP contribution in [0, 0.1) is 17.0 Å². The quantitative estimate of drug-likeness (QED) is 0.364. The van der Waals surface area contributed by atoms with E-state index in [9.17, 15) is 14.3 Å². The van der Waals surface area contributed by atoms with Crippen molar-refractivity contribution in [1.29, 1.82) is 0 Å². The standard InChI is InChI=1S/C10H10N4O3S2/c1-6-4-12-10(18-6)7(19-17)3-8-11-5-9(13(8)2)14(15)16/h4-5H,3H2,1-2H3. The number of nitrogens with zero attached hydrogens (tertiary/aromatic N) is 4. The molecule has 0 N–H and O–H groups in total. The van der Waals surface area contributed by atoms with E-state index in [1.54, 1.807) is 13.2 Å². The van der Waals surface area contributed by atoms with Crippen molar-refractivity contribution in [1.82, 2.24) is 14.5 Å². The molecule has 19 heavy (non-hydrogen) atoms. The normalized spacial score (nSPS) is 10.4. The van der Waals surface area contributed by atoms with Crippen molar-refractivity contribution in [3.63, 3.8) is 0 Å². The molecule has 0 unspecified atom stereocenters. The Hall–Kier alpha value is -1.87. The zero-order valence-corrected chi connectivity index (χ0v) is 11.8. The van der Waals surface area contributed by atoms with Gasteiger partial charge in [-0.3, -0.25) is 0 Å². The second-order valence-corrected chi connectivity index (χ2v) is 5.70. The van der Waals surface area contributed by atoms with Crippen LogP contribution in [0.1, 0.15) is 15.7 Å². The summed E-state index contributed by atoms with van der Waals surface area (Å²) in [5.74, 6) is 0.374. The minimum absolute atomic E-state index is 0.0967. The lowest BCUT2D eigenvalue weighted by atomic mass is 10.3. The molecule has 2 heterocycles. The smallest absolute Gasteiger partial charge is 0.342 e. The van der Waals surface area contributed by atoms with Crippen molar-refractivity contribution in [2.75, 3.05) is 0 Å². The van der Waals surface area contributed by atoms with Crippen molar-refractivity contribution < 1.29 is 9.13 Å². The summed E-state index contributed by atoms with van der Waals surface area (Å²) < 4.78 is 12.5. The predicted molar refractivity (Wildman–Crippen MR) is 72.7 cm³/mol. The van der Waals surface area contributed by atoms with Gasteiger partial charge < -0.3 is 10.1 Å². The van der Waals surface area contributed by atoms with E-state index < -0.39 is 4.92 Å². The first kappa shape index (κ1) is 13.6. The fourth-order valence-electron chi connectivity index (χ4n) is 1.54. The van der Waals surface area contributed by atoms with Gasteiger partial charge in [0.05, 0.1) is 29.6 Å². The van der Waals surface area contributed by atoms with E-state index in [1.807, 2.05) is 6.92 Å². The maximum Gasteiger partial charge on any atom is 0.342 e. The molecule has 7 nitrogen and oxygen atoms in total. The molecule has 0 aliphatic carbocycles. The number of rotatable bonds is 4. The minimum Gasteiger partial charge on any atom is -0.358 e. The van der Waals surface area contributed by atoms with Crippen LogP contribution in [-0.4, -0.2) is 28.5 Å². The van der Waals surface area contributed by atoms with Crippen LogP contribution in [0.2, 0.25) is 0 Å². The summed E-state index contributed by atoms with van der Waals surface area (Å²) in [6.45, 7) is 1.90. The highest BCUT2D eigenvalue weighted by Gasteiger charge is 2.19. The number of aryl methyl sites for hydroxylation is 1. The first-order valence-corrected chi connectivity index (χ1v) is 6.82. The van der Waals surface area contributed by atoms with E-state index in [2.05, 4.69) is 9.97 Å². The Kier molecular flexibility index (Phi) is 3.86. The average Bonchev–Trinajstić information content (AvgIpc) is 2.93. The highest BCUT2D eigenvalue weighted by molar-refractivity contribution is 7.67. The largest absolute Gasteiger partial charge is 0.358 e. The second kappa shape index (κ2) is 5.41. The molecular weight excluding hydrogens is 288 g/mol. The SMILES string of the molecule is Cc1cnc(C(Cc2ncc([N+](=O)[O-])n2C)=S=O)s1. The van der Waals surface area contributed by atoms with Crippen LogP contribution < -0.4 is 0 Å². The summed E-state index contributed by atoms with van der Waals surface area (Å²) in [6, 6.07) is 0. The van der Waals surface area contributed by atoms with Gasteiger partial charge in [-0.25, -0.2) is 18.7 Å². The van der Waals surface area contributed by atoms with Gasteiger partial charge in [0.2, 0.25) is 5.82 Å². The fraction of sp³-hybridized carbons (Fsp3) is 0.300. The van der Waals surface area contributed by atoms with Crippen molar-refractivity contribution in [2.24, 2.45) is 7.05 Å². The molecule has 0 atom stereocenters. The van der Waals surface area contributed by atoms with Gasteiger partial charge in [0.15, 0.2) is 0 Å². The van der Waals surface area contributed by atoms with Crippen LogP contribution in [0.4, 0.5) is 5.82 Å². The molecule has 0 amide bonds. The summed E-state index contributed by atoms with van der Waals surface area (Å²) in [4.78, 5) is 19.9. The lowest BCUT2D eigenvalue weighted by Crippen LogP contribution is -2.10. The van der Waals surface area contributed by atoms with Gasteiger partial charge in [-0.1, -0.05) is 0 Å². The summed E-state index contributed by atoms with van der Waals surface area (Å²) in [7, 11) is 1.56. The molecule has 0 spiro atoms. The summed E-state index contributed by atoms with van der Waals surface area (Å²) in [6.07, 6.45) is 3.12. The average molecular weight is 298 g/mol. The summed E-state index contributed by atoms with van der Waals surface area (Å²) in [5, 5.41) is 11.4. The first-order chi connectivity index (χ1) is 9.02. The molecule has 0 saturated carbocycles. The molecule has 0 aromatic carbocycles. The van der Waals surface area contributed by atoms with Gasteiger partial charge >= 0.3 is 5.82 Å². The van der Waals surface area contributed by atoms with Crippen LogP contribution in [-0.2, 0) is 24.7 Å². The van der Waals surface area contributed by atoms with Crippen molar-refractivity contribution >= 4 is 33.3 Å². The molecule has 0 fully saturated rings. The molecule has 0 saturated heterocycles. The summed E-state index contributed by atoms with van der Waals surface area (Å²) in [5.41, 5.74) is 0. The Balaban J connectivity index is 2.30. The Morgan fingerprint density at radius 2 is 2.26 bits per heavy atom. The van der Waals surface area contributed by atoms with Gasteiger partial charge in [0, 0.05) is 11.1 Å². The van der Waals surface area contributed by atoms with Gasteiger partial charge in [-0.2, -0.15) is 0 Å². The van der Waals surface area contributed by atoms with Gasteiger partial charge in [0.25, 0.3) is 0 Å². The number of hydrogen-bond acceptors (Lipinski definition) is 6. The van der Waals surface area contributed by atoms with Crippen LogP contribution in [0.5, 0.6) is 0 Å². The van der Waals surface area contributed by atoms with Crippen LogP contribution in [0.25, 0.3) is 0 Å². The molecule has 0 bridgehead atoms. The first-order valence-electron chi connectivity index (χ1n) is 5.26. The van der Waals surface area contributed by atoms with E-state index in [4.69, 9.17) is 0 Å². The number of imidazole rings is 1. The molecular formula is C10H10N4O3S2. The van der Waals surface area contributed by atoms with E-state index in [1.165, 1.54) is 22.1 Å². The predicted octanol–water partition coefficient (Wildman–Crippen LogP) is 1.07. The molecule has 9 heteroatoms. The van der Waals surface area contributed by atoms with Gasteiger partial charge in [0.1, 0.15) is 11.2 Å².